The molecule has 0 saturated carbocycles. The minimum atomic E-state index is -0.594. The second-order valence-electron chi connectivity index (χ2n) is 5.28. The van der Waals surface area contributed by atoms with E-state index in [0.717, 1.165) is 36.1 Å². The van der Waals surface area contributed by atoms with Crippen LogP contribution in [-0.4, -0.2) is 5.11 Å². The molecule has 1 aromatic carbocycles. The van der Waals surface area contributed by atoms with E-state index in [9.17, 15) is 5.11 Å². The molecule has 108 valence electrons. The highest BCUT2D eigenvalue weighted by Crippen LogP contribution is 2.31. The van der Waals surface area contributed by atoms with Gasteiger partial charge in [0.1, 0.15) is 11.9 Å². The summed E-state index contributed by atoms with van der Waals surface area (Å²) in [6.07, 6.45) is 3.96. The lowest BCUT2D eigenvalue weighted by atomic mass is 9.88. The molecule has 20 heavy (non-hydrogen) atoms. The van der Waals surface area contributed by atoms with Gasteiger partial charge in [-0.05, 0) is 54.5 Å². The highest BCUT2D eigenvalue weighted by Gasteiger charge is 2.19. The van der Waals surface area contributed by atoms with Crippen molar-refractivity contribution in [3.63, 3.8) is 0 Å². The molecule has 0 bridgehead atoms. The fourth-order valence-electron chi connectivity index (χ4n) is 2.77. The Labute approximate surface area is 121 Å². The molecule has 1 aromatic heterocycles. The van der Waals surface area contributed by atoms with Gasteiger partial charge in [0.05, 0.1) is 6.26 Å². The molecule has 2 rings (SSSR count). The maximum Gasteiger partial charge on any atom is 0.108 e. The molecule has 1 atom stereocenters. The predicted molar refractivity (Wildman–Crippen MR) is 82.1 cm³/mol. The summed E-state index contributed by atoms with van der Waals surface area (Å²) < 4.78 is 5.34. The van der Waals surface area contributed by atoms with Gasteiger partial charge in [-0.25, -0.2) is 0 Å². The number of rotatable bonds is 5. The Morgan fingerprint density at radius 1 is 1.00 bits per heavy atom. The van der Waals surface area contributed by atoms with E-state index in [4.69, 9.17) is 4.42 Å². The summed E-state index contributed by atoms with van der Waals surface area (Å²) in [4.78, 5) is 0. The molecule has 0 aliphatic heterocycles. The first-order valence-electron chi connectivity index (χ1n) is 7.48. The average Bonchev–Trinajstić information content (AvgIpc) is 2.91. The van der Waals surface area contributed by atoms with Crippen molar-refractivity contribution in [1.82, 2.24) is 0 Å². The van der Waals surface area contributed by atoms with Gasteiger partial charge < -0.3 is 9.52 Å². The lowest BCUT2D eigenvalue weighted by molar-refractivity contribution is 0.217. The van der Waals surface area contributed by atoms with Gasteiger partial charge in [-0.3, -0.25) is 0 Å². The van der Waals surface area contributed by atoms with Gasteiger partial charge in [0, 0.05) is 5.56 Å². The van der Waals surface area contributed by atoms with Crippen LogP contribution in [0, 0.1) is 6.92 Å². The molecule has 0 aliphatic carbocycles. The molecule has 2 nitrogen and oxygen atoms in total. The first kappa shape index (κ1) is 14.9. The zero-order chi connectivity index (χ0) is 14.7. The van der Waals surface area contributed by atoms with Crippen LogP contribution in [0.1, 0.15) is 60.5 Å². The maximum absolute atomic E-state index is 10.7. The summed E-state index contributed by atoms with van der Waals surface area (Å²) in [6.45, 7) is 8.36. The van der Waals surface area contributed by atoms with E-state index in [-0.39, 0.29) is 0 Å². The van der Waals surface area contributed by atoms with Crippen molar-refractivity contribution >= 4 is 0 Å². The monoisotopic (exact) mass is 272 g/mol. The largest absolute Gasteiger partial charge is 0.469 e. The normalized spacial score (nSPS) is 12.7. The molecule has 0 amide bonds. The summed E-state index contributed by atoms with van der Waals surface area (Å²) in [5.74, 6) is 0.834. The second-order valence-corrected chi connectivity index (χ2v) is 5.28. The number of aryl methyl sites for hydroxylation is 4. The highest BCUT2D eigenvalue weighted by atomic mass is 16.3. The third-order valence-electron chi connectivity index (χ3n) is 3.92. The van der Waals surface area contributed by atoms with E-state index >= 15 is 0 Å². The van der Waals surface area contributed by atoms with Crippen molar-refractivity contribution in [3.05, 3.63) is 58.0 Å². The van der Waals surface area contributed by atoms with Crippen molar-refractivity contribution in [2.45, 2.75) is 53.1 Å². The Balaban J connectivity index is 2.53. The molecule has 0 saturated heterocycles. The van der Waals surface area contributed by atoms with Crippen LogP contribution in [0.3, 0.4) is 0 Å². The molecular weight excluding hydrogens is 248 g/mol. The zero-order valence-corrected chi connectivity index (χ0v) is 12.9. The summed E-state index contributed by atoms with van der Waals surface area (Å²) >= 11 is 0. The standard InChI is InChI=1S/C18H24O2/c1-5-13-9-14(6-2)17(15(7-3)10-13)18(19)16-8-12(4)20-11-16/h8-11,18-19H,5-7H2,1-4H3. The van der Waals surface area contributed by atoms with Gasteiger partial charge in [0.2, 0.25) is 0 Å². The summed E-state index contributed by atoms with van der Waals surface area (Å²) in [6, 6.07) is 6.37. The van der Waals surface area contributed by atoms with Crippen LogP contribution < -0.4 is 0 Å². The Morgan fingerprint density at radius 2 is 1.60 bits per heavy atom. The fraction of sp³-hybridized carbons (Fsp3) is 0.444. The Hall–Kier alpha value is -1.54. The van der Waals surface area contributed by atoms with Gasteiger partial charge in [-0.1, -0.05) is 32.9 Å². The molecule has 1 N–H and O–H groups in total. The van der Waals surface area contributed by atoms with Crippen molar-refractivity contribution < 1.29 is 9.52 Å². The molecule has 0 aliphatic rings. The van der Waals surface area contributed by atoms with Crippen LogP contribution in [0.15, 0.2) is 28.9 Å². The summed E-state index contributed by atoms with van der Waals surface area (Å²) in [5, 5.41) is 10.7. The molecule has 1 unspecified atom stereocenters. The Bertz CT molecular complexity index is 556. The Kier molecular flexibility index (Phi) is 4.66. The topological polar surface area (TPSA) is 33.4 Å². The second kappa shape index (κ2) is 6.27. The molecule has 0 fully saturated rings. The lowest BCUT2D eigenvalue weighted by Crippen LogP contribution is -2.08. The third kappa shape index (κ3) is 2.80. The molecule has 1 heterocycles. The fourth-order valence-corrected chi connectivity index (χ4v) is 2.77. The van der Waals surface area contributed by atoms with E-state index in [1.54, 1.807) is 6.26 Å². The van der Waals surface area contributed by atoms with E-state index in [1.807, 2.05) is 13.0 Å². The van der Waals surface area contributed by atoms with Gasteiger partial charge in [-0.2, -0.15) is 0 Å². The van der Waals surface area contributed by atoms with Crippen LogP contribution in [-0.2, 0) is 19.3 Å². The average molecular weight is 272 g/mol. The van der Waals surface area contributed by atoms with Gasteiger partial charge in [0.15, 0.2) is 0 Å². The first-order chi connectivity index (χ1) is 9.60. The molecule has 2 aromatic rings. The minimum absolute atomic E-state index is 0.594. The smallest absolute Gasteiger partial charge is 0.108 e. The number of benzene rings is 1. The molecule has 2 heteroatoms. The van der Waals surface area contributed by atoms with Gasteiger partial charge >= 0.3 is 0 Å². The number of aliphatic hydroxyl groups excluding tert-OH is 1. The van der Waals surface area contributed by atoms with Gasteiger partial charge in [0.25, 0.3) is 0 Å². The third-order valence-corrected chi connectivity index (χ3v) is 3.92. The zero-order valence-electron chi connectivity index (χ0n) is 12.9. The SMILES string of the molecule is CCc1cc(CC)c(C(O)c2coc(C)c2)c(CC)c1. The van der Waals surface area contributed by atoms with Crippen LogP contribution >= 0.6 is 0 Å². The number of hydrogen-bond acceptors (Lipinski definition) is 2. The van der Waals surface area contributed by atoms with Crippen molar-refractivity contribution in [1.29, 1.82) is 0 Å². The van der Waals surface area contributed by atoms with E-state index in [2.05, 4.69) is 32.9 Å². The molecule has 0 radical (unpaired) electrons. The lowest BCUT2D eigenvalue weighted by Gasteiger charge is -2.19. The maximum atomic E-state index is 10.7. The van der Waals surface area contributed by atoms with Crippen molar-refractivity contribution in [2.75, 3.05) is 0 Å². The summed E-state index contributed by atoms with van der Waals surface area (Å²) in [5.41, 5.74) is 5.74. The summed E-state index contributed by atoms with van der Waals surface area (Å²) in [7, 11) is 0. The van der Waals surface area contributed by atoms with Gasteiger partial charge in [-0.15, -0.1) is 0 Å². The van der Waals surface area contributed by atoms with Crippen molar-refractivity contribution in [2.24, 2.45) is 0 Å². The minimum Gasteiger partial charge on any atom is -0.469 e. The molecular formula is C18H24O2. The number of furan rings is 1. The van der Waals surface area contributed by atoms with Crippen molar-refractivity contribution in [3.8, 4) is 0 Å². The number of aliphatic hydroxyl groups is 1. The van der Waals surface area contributed by atoms with Crippen LogP contribution in [0.5, 0.6) is 0 Å². The number of hydrogen-bond donors (Lipinski definition) is 1. The van der Waals surface area contributed by atoms with Crippen LogP contribution in [0.2, 0.25) is 0 Å². The van der Waals surface area contributed by atoms with E-state index in [1.165, 1.54) is 16.7 Å². The van der Waals surface area contributed by atoms with E-state index in [0.29, 0.717) is 0 Å². The first-order valence-corrected chi connectivity index (χ1v) is 7.48. The predicted octanol–water partition coefficient (Wildman–Crippen LogP) is 4.36. The van der Waals surface area contributed by atoms with Crippen LogP contribution in [0.4, 0.5) is 0 Å². The van der Waals surface area contributed by atoms with E-state index < -0.39 is 6.10 Å². The van der Waals surface area contributed by atoms with Crippen LogP contribution in [0.25, 0.3) is 0 Å². The Morgan fingerprint density at radius 3 is 2.00 bits per heavy atom. The highest BCUT2D eigenvalue weighted by molar-refractivity contribution is 5.44. The molecule has 0 spiro atoms. The quantitative estimate of drug-likeness (QED) is 0.877.